The summed E-state index contributed by atoms with van der Waals surface area (Å²) in [6.07, 6.45) is 1.55. The van der Waals surface area contributed by atoms with Gasteiger partial charge in [-0.05, 0) is 40.7 Å². The van der Waals surface area contributed by atoms with E-state index in [9.17, 15) is 9.90 Å². The number of aromatic nitrogens is 1. The molecule has 2 rings (SSSR count). The van der Waals surface area contributed by atoms with Crippen LogP contribution in [0.15, 0.2) is 18.3 Å². The van der Waals surface area contributed by atoms with Gasteiger partial charge in [0.2, 0.25) is 5.88 Å². The summed E-state index contributed by atoms with van der Waals surface area (Å²) in [4.78, 5) is 14.9. The number of carboxylic acids is 1. The standard InChI is InChI=1S/C15H22BNO6/c1-13(2)14(3,4)23-16(22-13)10-6-7-11(17-8-10)21-9-15(5,20)12(18)19/h6-8,20H,9H2,1-5H3,(H,18,19). The minimum Gasteiger partial charge on any atom is -0.479 e. The highest BCUT2D eigenvalue weighted by molar-refractivity contribution is 6.62. The van der Waals surface area contributed by atoms with E-state index in [2.05, 4.69) is 4.98 Å². The number of nitrogens with zero attached hydrogens (tertiary/aromatic N) is 1. The van der Waals surface area contributed by atoms with Gasteiger partial charge < -0.3 is 24.3 Å². The number of pyridine rings is 1. The fraction of sp³-hybridized carbons (Fsp3) is 0.600. The molecule has 7 nitrogen and oxygen atoms in total. The maximum absolute atomic E-state index is 10.8. The number of ether oxygens (including phenoxy) is 1. The highest BCUT2D eigenvalue weighted by Crippen LogP contribution is 2.36. The third-order valence-electron chi connectivity index (χ3n) is 4.25. The second kappa shape index (κ2) is 5.77. The lowest BCUT2D eigenvalue weighted by molar-refractivity contribution is -0.159. The lowest BCUT2D eigenvalue weighted by Crippen LogP contribution is -2.41. The Morgan fingerprint density at radius 3 is 2.30 bits per heavy atom. The molecule has 1 unspecified atom stereocenters. The van der Waals surface area contributed by atoms with Crippen LogP contribution in [0.5, 0.6) is 5.88 Å². The topological polar surface area (TPSA) is 98.1 Å². The van der Waals surface area contributed by atoms with Gasteiger partial charge in [0.25, 0.3) is 0 Å². The molecule has 1 aromatic heterocycles. The summed E-state index contributed by atoms with van der Waals surface area (Å²) in [7, 11) is -0.524. The quantitative estimate of drug-likeness (QED) is 0.766. The van der Waals surface area contributed by atoms with Crippen molar-refractivity contribution in [1.82, 2.24) is 4.98 Å². The van der Waals surface area contributed by atoms with Gasteiger partial charge >= 0.3 is 13.1 Å². The first-order valence-electron chi connectivity index (χ1n) is 7.35. The van der Waals surface area contributed by atoms with Gasteiger partial charge in [-0.15, -0.1) is 0 Å². The van der Waals surface area contributed by atoms with Gasteiger partial charge in [0.05, 0.1) is 11.2 Å². The number of hydrogen-bond donors (Lipinski definition) is 2. The average molecular weight is 323 g/mol. The van der Waals surface area contributed by atoms with Crippen molar-refractivity contribution in [3.8, 4) is 5.88 Å². The molecule has 0 spiro atoms. The normalized spacial score (nSPS) is 21.7. The zero-order valence-electron chi connectivity index (χ0n) is 14.0. The fourth-order valence-corrected chi connectivity index (χ4v) is 1.87. The lowest BCUT2D eigenvalue weighted by atomic mass is 9.80. The van der Waals surface area contributed by atoms with E-state index in [-0.39, 0.29) is 5.88 Å². The predicted molar refractivity (Wildman–Crippen MR) is 83.7 cm³/mol. The Hall–Kier alpha value is -1.64. The third kappa shape index (κ3) is 3.65. The predicted octanol–water partition coefficient (Wildman–Crippen LogP) is 0.595. The van der Waals surface area contributed by atoms with Crippen LogP contribution in [-0.4, -0.2) is 51.7 Å². The van der Waals surface area contributed by atoms with Crippen LogP contribution in [0.2, 0.25) is 0 Å². The first kappa shape index (κ1) is 17.7. The summed E-state index contributed by atoms with van der Waals surface area (Å²) in [5.41, 5.74) is -2.10. The summed E-state index contributed by atoms with van der Waals surface area (Å²) in [6.45, 7) is 8.62. The zero-order chi connectivity index (χ0) is 17.5. The molecule has 2 heterocycles. The van der Waals surface area contributed by atoms with Gasteiger partial charge in [-0.3, -0.25) is 0 Å². The number of carboxylic acid groups (broad SMARTS) is 1. The minimum atomic E-state index is -1.97. The van der Waals surface area contributed by atoms with Crippen LogP contribution in [0.25, 0.3) is 0 Å². The molecule has 23 heavy (non-hydrogen) atoms. The van der Waals surface area contributed by atoms with Crippen molar-refractivity contribution in [2.24, 2.45) is 0 Å². The Labute approximate surface area is 135 Å². The van der Waals surface area contributed by atoms with Gasteiger partial charge in [-0.25, -0.2) is 9.78 Å². The molecular weight excluding hydrogens is 301 g/mol. The molecule has 8 heteroatoms. The summed E-state index contributed by atoms with van der Waals surface area (Å²) in [5, 5.41) is 18.4. The van der Waals surface area contributed by atoms with E-state index in [1.807, 2.05) is 27.7 Å². The molecule has 1 fully saturated rings. The maximum atomic E-state index is 10.8. The van der Waals surface area contributed by atoms with Crippen LogP contribution in [0.1, 0.15) is 34.6 Å². The molecule has 2 N–H and O–H groups in total. The molecular formula is C15H22BNO6. The van der Waals surface area contributed by atoms with Crippen molar-refractivity contribution in [3.05, 3.63) is 18.3 Å². The largest absolute Gasteiger partial charge is 0.496 e. The van der Waals surface area contributed by atoms with Gasteiger partial charge in [0, 0.05) is 11.7 Å². The van der Waals surface area contributed by atoms with Crippen molar-refractivity contribution >= 4 is 18.6 Å². The van der Waals surface area contributed by atoms with E-state index in [0.717, 1.165) is 12.4 Å². The van der Waals surface area contributed by atoms with E-state index >= 15 is 0 Å². The number of aliphatic hydroxyl groups is 1. The molecule has 0 saturated carbocycles. The SMILES string of the molecule is CC(O)(COc1ccc(B2OC(C)(C)C(C)(C)O2)cn1)C(=O)O. The average Bonchev–Trinajstić information content (AvgIpc) is 2.66. The Balaban J connectivity index is 2.02. The molecule has 1 aliphatic rings. The Morgan fingerprint density at radius 1 is 1.30 bits per heavy atom. The van der Waals surface area contributed by atoms with Crippen LogP contribution in [0, 0.1) is 0 Å². The number of hydrogen-bond acceptors (Lipinski definition) is 6. The van der Waals surface area contributed by atoms with Crippen molar-refractivity contribution in [2.75, 3.05) is 6.61 Å². The Kier molecular flexibility index (Phi) is 4.45. The Morgan fingerprint density at radius 2 is 1.87 bits per heavy atom. The minimum absolute atomic E-state index is 0.215. The van der Waals surface area contributed by atoms with E-state index in [0.29, 0.717) is 0 Å². The van der Waals surface area contributed by atoms with Crippen molar-refractivity contribution in [3.63, 3.8) is 0 Å². The lowest BCUT2D eigenvalue weighted by Gasteiger charge is -2.32. The zero-order valence-corrected chi connectivity index (χ0v) is 14.0. The van der Waals surface area contributed by atoms with Crippen molar-refractivity contribution in [1.29, 1.82) is 0 Å². The van der Waals surface area contributed by atoms with Crippen LogP contribution < -0.4 is 10.2 Å². The van der Waals surface area contributed by atoms with E-state index < -0.39 is 36.5 Å². The first-order chi connectivity index (χ1) is 10.4. The number of aliphatic carboxylic acids is 1. The highest BCUT2D eigenvalue weighted by Gasteiger charge is 2.51. The summed E-state index contributed by atoms with van der Waals surface area (Å²) in [6, 6.07) is 3.32. The molecule has 0 amide bonds. The molecule has 1 aliphatic heterocycles. The van der Waals surface area contributed by atoms with Gasteiger partial charge in [0.15, 0.2) is 5.60 Å². The molecule has 1 saturated heterocycles. The van der Waals surface area contributed by atoms with Gasteiger partial charge in [0.1, 0.15) is 6.61 Å². The summed E-state index contributed by atoms with van der Waals surface area (Å²) < 4.78 is 17.0. The Bertz CT molecular complexity index is 568. The second-order valence-corrected chi connectivity index (χ2v) is 6.89. The van der Waals surface area contributed by atoms with Crippen LogP contribution in [0.3, 0.4) is 0 Å². The molecule has 0 aromatic carbocycles. The van der Waals surface area contributed by atoms with Gasteiger partial charge in [-0.2, -0.15) is 0 Å². The maximum Gasteiger partial charge on any atom is 0.496 e. The highest BCUT2D eigenvalue weighted by atomic mass is 16.7. The monoisotopic (exact) mass is 323 g/mol. The van der Waals surface area contributed by atoms with Gasteiger partial charge in [-0.1, -0.05) is 6.07 Å². The second-order valence-electron chi connectivity index (χ2n) is 6.89. The smallest absolute Gasteiger partial charge is 0.479 e. The van der Waals surface area contributed by atoms with E-state index in [1.165, 1.54) is 0 Å². The van der Waals surface area contributed by atoms with E-state index in [1.54, 1.807) is 18.3 Å². The first-order valence-corrected chi connectivity index (χ1v) is 7.35. The van der Waals surface area contributed by atoms with Crippen LogP contribution in [0.4, 0.5) is 0 Å². The molecule has 0 radical (unpaired) electrons. The van der Waals surface area contributed by atoms with E-state index in [4.69, 9.17) is 19.2 Å². The molecule has 0 bridgehead atoms. The van der Waals surface area contributed by atoms with Crippen LogP contribution in [-0.2, 0) is 14.1 Å². The summed E-state index contributed by atoms with van der Waals surface area (Å²) >= 11 is 0. The van der Waals surface area contributed by atoms with Crippen LogP contribution >= 0.6 is 0 Å². The summed E-state index contributed by atoms with van der Waals surface area (Å²) in [5.74, 6) is -1.14. The molecule has 126 valence electrons. The number of carbonyl (C=O) groups is 1. The van der Waals surface area contributed by atoms with Crippen molar-refractivity contribution in [2.45, 2.75) is 51.4 Å². The molecule has 0 aliphatic carbocycles. The van der Waals surface area contributed by atoms with Crippen molar-refractivity contribution < 1.29 is 29.1 Å². The number of rotatable bonds is 5. The molecule has 1 atom stereocenters. The molecule has 1 aromatic rings. The third-order valence-corrected chi connectivity index (χ3v) is 4.25. The fourth-order valence-electron chi connectivity index (χ4n) is 1.87.